The molecule has 4 rings (SSSR count). The highest BCUT2D eigenvalue weighted by Gasteiger charge is 2.38. The topological polar surface area (TPSA) is 75.7 Å². The molecular weight excluding hydrogens is 464 g/mol. The van der Waals surface area contributed by atoms with Gasteiger partial charge in [0.25, 0.3) is 0 Å². The van der Waals surface area contributed by atoms with E-state index < -0.39 is 11.2 Å². The van der Waals surface area contributed by atoms with Crippen LogP contribution >= 0.6 is 35.3 Å². The van der Waals surface area contributed by atoms with Gasteiger partial charge in [-0.25, -0.2) is 4.79 Å². The van der Waals surface area contributed by atoms with Gasteiger partial charge in [0.05, 0.1) is 24.0 Å². The number of nitrogens with one attached hydrogen (secondary N) is 1. The third kappa shape index (κ3) is 4.89. The highest BCUT2D eigenvalue weighted by Crippen LogP contribution is 2.39. The number of nitrogens with zero attached hydrogens (tertiary/aromatic N) is 1. The Labute approximate surface area is 200 Å². The first-order chi connectivity index (χ1) is 15.5. The molecule has 1 aromatic carbocycles. The minimum atomic E-state index is -0.563. The quantitative estimate of drug-likeness (QED) is 0.455. The number of carbonyl (C=O) groups excluding carboxylic acids is 3. The summed E-state index contributed by atoms with van der Waals surface area (Å²) in [6.45, 7) is 2.44. The van der Waals surface area contributed by atoms with Crippen LogP contribution in [0.1, 0.15) is 52.5 Å². The molecule has 9 heteroatoms. The number of hydrogen-bond donors (Lipinski definition) is 1. The maximum atomic E-state index is 12.9. The van der Waals surface area contributed by atoms with Crippen LogP contribution in [0.25, 0.3) is 0 Å². The molecule has 1 atom stereocenters. The molecule has 1 aliphatic carbocycles. The Morgan fingerprint density at radius 1 is 1.22 bits per heavy atom. The molecule has 2 aliphatic rings. The lowest BCUT2D eigenvalue weighted by Crippen LogP contribution is -2.32. The number of esters is 1. The van der Waals surface area contributed by atoms with Crippen molar-refractivity contribution in [1.82, 2.24) is 4.90 Å². The van der Waals surface area contributed by atoms with E-state index in [2.05, 4.69) is 5.32 Å². The van der Waals surface area contributed by atoms with Crippen LogP contribution in [-0.4, -0.2) is 38.9 Å². The number of thiophene rings is 1. The number of rotatable bonds is 7. The Morgan fingerprint density at radius 2 is 1.97 bits per heavy atom. The SMILES string of the molecule is CCOC(=O)c1c(NC(=O)CC2SC(=S)N(Cc3ccccc3)C2=O)sc2c1CCCC2. The zero-order valence-corrected chi connectivity index (χ0v) is 20.2. The summed E-state index contributed by atoms with van der Waals surface area (Å²) in [6.07, 6.45) is 3.81. The molecule has 1 saturated heterocycles. The van der Waals surface area contributed by atoms with Crippen molar-refractivity contribution in [2.75, 3.05) is 11.9 Å². The molecule has 1 aliphatic heterocycles. The van der Waals surface area contributed by atoms with E-state index in [1.165, 1.54) is 23.1 Å². The number of anilines is 1. The first-order valence-corrected chi connectivity index (χ1v) is 12.8. The smallest absolute Gasteiger partial charge is 0.341 e. The Hall–Kier alpha value is -2.23. The summed E-state index contributed by atoms with van der Waals surface area (Å²) >= 11 is 8.09. The number of benzene rings is 1. The van der Waals surface area contributed by atoms with Gasteiger partial charge in [0.2, 0.25) is 11.8 Å². The predicted octanol–water partition coefficient (Wildman–Crippen LogP) is 4.56. The van der Waals surface area contributed by atoms with E-state index in [0.717, 1.165) is 41.7 Å². The van der Waals surface area contributed by atoms with Crippen molar-refractivity contribution in [1.29, 1.82) is 0 Å². The van der Waals surface area contributed by atoms with Gasteiger partial charge in [0.15, 0.2) is 0 Å². The molecule has 0 saturated carbocycles. The molecule has 0 radical (unpaired) electrons. The summed E-state index contributed by atoms with van der Waals surface area (Å²) in [6, 6.07) is 9.63. The molecule has 1 N–H and O–H groups in total. The maximum Gasteiger partial charge on any atom is 0.341 e. The molecule has 0 bridgehead atoms. The number of fused-ring (bicyclic) bond motifs is 1. The predicted molar refractivity (Wildman–Crippen MR) is 131 cm³/mol. The lowest BCUT2D eigenvalue weighted by atomic mass is 9.95. The lowest BCUT2D eigenvalue weighted by Gasteiger charge is -2.15. The summed E-state index contributed by atoms with van der Waals surface area (Å²) in [5.41, 5.74) is 2.46. The molecule has 168 valence electrons. The summed E-state index contributed by atoms with van der Waals surface area (Å²) in [5, 5.41) is 2.85. The summed E-state index contributed by atoms with van der Waals surface area (Å²) in [4.78, 5) is 41.0. The Kier molecular flexibility index (Phi) is 7.27. The number of ether oxygens (including phenoxy) is 1. The van der Waals surface area contributed by atoms with Gasteiger partial charge in [-0.3, -0.25) is 14.5 Å². The normalized spacial score (nSPS) is 17.9. The Morgan fingerprint density at radius 3 is 2.72 bits per heavy atom. The van der Waals surface area contributed by atoms with Crippen LogP contribution in [-0.2, 0) is 33.7 Å². The lowest BCUT2D eigenvalue weighted by molar-refractivity contribution is -0.128. The van der Waals surface area contributed by atoms with E-state index in [9.17, 15) is 14.4 Å². The molecule has 2 heterocycles. The highest BCUT2D eigenvalue weighted by molar-refractivity contribution is 8.24. The van der Waals surface area contributed by atoms with Crippen molar-refractivity contribution in [3.05, 3.63) is 51.9 Å². The maximum absolute atomic E-state index is 12.9. The summed E-state index contributed by atoms with van der Waals surface area (Å²) in [7, 11) is 0. The van der Waals surface area contributed by atoms with Gasteiger partial charge >= 0.3 is 5.97 Å². The van der Waals surface area contributed by atoms with Gasteiger partial charge in [-0.05, 0) is 43.7 Å². The van der Waals surface area contributed by atoms with E-state index in [1.54, 1.807) is 11.8 Å². The molecule has 2 aromatic rings. The molecular formula is C23H24N2O4S3. The minimum absolute atomic E-state index is 0.000236. The van der Waals surface area contributed by atoms with Crippen LogP contribution in [0.3, 0.4) is 0 Å². The molecule has 32 heavy (non-hydrogen) atoms. The van der Waals surface area contributed by atoms with Crippen molar-refractivity contribution < 1.29 is 19.1 Å². The zero-order valence-electron chi connectivity index (χ0n) is 17.7. The van der Waals surface area contributed by atoms with E-state index in [-0.39, 0.29) is 24.8 Å². The van der Waals surface area contributed by atoms with E-state index in [0.29, 0.717) is 21.4 Å². The highest BCUT2D eigenvalue weighted by atomic mass is 32.2. The first-order valence-electron chi connectivity index (χ1n) is 10.6. The fourth-order valence-corrected chi connectivity index (χ4v) is 6.74. The van der Waals surface area contributed by atoms with Gasteiger partial charge in [0, 0.05) is 11.3 Å². The monoisotopic (exact) mass is 488 g/mol. The van der Waals surface area contributed by atoms with Gasteiger partial charge in [-0.1, -0.05) is 54.3 Å². The minimum Gasteiger partial charge on any atom is -0.462 e. The molecule has 6 nitrogen and oxygen atoms in total. The fraction of sp³-hybridized carbons (Fsp3) is 0.391. The third-order valence-corrected chi connectivity index (χ3v) is 8.25. The van der Waals surface area contributed by atoms with Crippen LogP contribution in [0, 0.1) is 0 Å². The van der Waals surface area contributed by atoms with Crippen molar-refractivity contribution in [2.45, 2.75) is 50.8 Å². The number of thiocarbonyl (C=S) groups is 1. The number of hydrogen-bond acceptors (Lipinski definition) is 7. The Bertz CT molecular complexity index is 1050. The molecule has 1 fully saturated rings. The van der Waals surface area contributed by atoms with Crippen molar-refractivity contribution in [3.63, 3.8) is 0 Å². The standard InChI is InChI=1S/C23H24N2O4S3/c1-2-29-22(28)19-15-10-6-7-11-16(15)31-20(19)24-18(26)12-17-21(27)25(23(30)32-17)13-14-8-4-3-5-9-14/h3-5,8-9,17H,2,6-7,10-13H2,1H3,(H,24,26). The summed E-state index contributed by atoms with van der Waals surface area (Å²) in [5.74, 6) is -0.858. The van der Waals surface area contributed by atoms with E-state index >= 15 is 0 Å². The number of amides is 2. The molecule has 1 unspecified atom stereocenters. The number of thioether (sulfide) groups is 1. The number of carbonyl (C=O) groups is 3. The van der Waals surface area contributed by atoms with Crippen LogP contribution < -0.4 is 5.32 Å². The largest absolute Gasteiger partial charge is 0.462 e. The molecule has 1 aromatic heterocycles. The third-order valence-electron chi connectivity index (χ3n) is 5.46. The van der Waals surface area contributed by atoms with E-state index in [1.807, 2.05) is 30.3 Å². The van der Waals surface area contributed by atoms with Gasteiger partial charge in [0.1, 0.15) is 9.32 Å². The van der Waals surface area contributed by atoms with Crippen LogP contribution in [0.15, 0.2) is 30.3 Å². The second-order valence-electron chi connectivity index (χ2n) is 7.67. The molecule has 0 spiro atoms. The van der Waals surface area contributed by atoms with Gasteiger partial charge in [-0.15, -0.1) is 11.3 Å². The number of aryl methyl sites for hydroxylation is 1. The average Bonchev–Trinajstić information content (AvgIpc) is 3.26. The Balaban J connectivity index is 1.45. The van der Waals surface area contributed by atoms with Crippen molar-refractivity contribution in [2.24, 2.45) is 0 Å². The average molecular weight is 489 g/mol. The second kappa shape index (κ2) is 10.1. The van der Waals surface area contributed by atoms with E-state index in [4.69, 9.17) is 17.0 Å². The van der Waals surface area contributed by atoms with Gasteiger partial charge in [-0.2, -0.15) is 0 Å². The first kappa shape index (κ1) is 22.9. The van der Waals surface area contributed by atoms with Crippen molar-refractivity contribution in [3.8, 4) is 0 Å². The van der Waals surface area contributed by atoms with Crippen LogP contribution in [0.2, 0.25) is 0 Å². The fourth-order valence-electron chi connectivity index (χ4n) is 3.96. The summed E-state index contributed by atoms with van der Waals surface area (Å²) < 4.78 is 5.73. The van der Waals surface area contributed by atoms with Crippen LogP contribution in [0.4, 0.5) is 5.00 Å². The zero-order chi connectivity index (χ0) is 22.7. The van der Waals surface area contributed by atoms with Crippen LogP contribution in [0.5, 0.6) is 0 Å². The van der Waals surface area contributed by atoms with Crippen molar-refractivity contribution >= 4 is 62.4 Å². The van der Waals surface area contributed by atoms with Gasteiger partial charge < -0.3 is 10.1 Å². The molecule has 2 amide bonds. The second-order valence-corrected chi connectivity index (χ2v) is 10.6.